The van der Waals surface area contributed by atoms with Crippen LogP contribution in [0.3, 0.4) is 0 Å². The quantitative estimate of drug-likeness (QED) is 0.834. The van der Waals surface area contributed by atoms with E-state index in [0.29, 0.717) is 18.4 Å². The average molecular weight is 246 g/mol. The topological polar surface area (TPSA) is 54.4 Å². The van der Waals surface area contributed by atoms with Crippen molar-refractivity contribution in [1.82, 2.24) is 0 Å². The number of Topliss-reactive ketones (excluding diaryl/α,β-unsaturated/α-hetero) is 1. The maximum Gasteiger partial charge on any atom is 0.307 e. The van der Waals surface area contributed by atoms with Gasteiger partial charge in [0.25, 0.3) is 0 Å². The summed E-state index contributed by atoms with van der Waals surface area (Å²) in [5.41, 5.74) is 2.66. The van der Waals surface area contributed by atoms with Crippen LogP contribution in [0.1, 0.15) is 40.7 Å². The number of ketones is 1. The minimum absolute atomic E-state index is 0.00102. The molecular weight excluding hydrogens is 228 g/mol. The molecule has 1 aromatic carbocycles. The molecule has 1 aliphatic rings. The van der Waals surface area contributed by atoms with E-state index in [1.54, 1.807) is 0 Å². The van der Waals surface area contributed by atoms with Crippen LogP contribution in [0.15, 0.2) is 18.2 Å². The summed E-state index contributed by atoms with van der Waals surface area (Å²) < 4.78 is 0. The molecule has 0 amide bonds. The van der Waals surface area contributed by atoms with Gasteiger partial charge in [-0.1, -0.05) is 24.1 Å². The summed E-state index contributed by atoms with van der Waals surface area (Å²) >= 11 is 0. The van der Waals surface area contributed by atoms with Crippen molar-refractivity contribution in [3.05, 3.63) is 34.9 Å². The number of carbonyl (C=O) groups is 2. The zero-order valence-corrected chi connectivity index (χ0v) is 10.8. The number of carboxylic acid groups (broad SMARTS) is 1. The number of aliphatic carboxylic acids is 1. The molecule has 0 spiro atoms. The summed E-state index contributed by atoms with van der Waals surface area (Å²) in [4.78, 5) is 23.6. The van der Waals surface area contributed by atoms with Gasteiger partial charge in [-0.25, -0.2) is 0 Å². The molecule has 18 heavy (non-hydrogen) atoms. The predicted octanol–water partition coefficient (Wildman–Crippen LogP) is 2.99. The molecule has 0 unspecified atom stereocenters. The van der Waals surface area contributed by atoms with Gasteiger partial charge in [0.15, 0.2) is 5.78 Å². The number of hydrogen-bond acceptors (Lipinski definition) is 2. The van der Waals surface area contributed by atoms with E-state index in [2.05, 4.69) is 0 Å². The smallest absolute Gasteiger partial charge is 0.307 e. The second kappa shape index (κ2) is 4.92. The van der Waals surface area contributed by atoms with Crippen molar-refractivity contribution in [3.63, 3.8) is 0 Å². The predicted molar refractivity (Wildman–Crippen MR) is 68.7 cm³/mol. The minimum Gasteiger partial charge on any atom is -0.481 e. The van der Waals surface area contributed by atoms with Crippen molar-refractivity contribution >= 4 is 11.8 Å². The standard InChI is InChI=1S/C15H18O3/c1-9-6-7-10(2)13(8-9)14(16)11-4-3-5-12(11)15(17)18/h6-8,11-12H,3-5H2,1-2H3,(H,17,18)/t11-,12+/m0/s1. The van der Waals surface area contributed by atoms with Crippen LogP contribution in [0.4, 0.5) is 0 Å². The molecule has 1 N–H and O–H groups in total. The van der Waals surface area contributed by atoms with Crippen LogP contribution in [0, 0.1) is 25.7 Å². The van der Waals surface area contributed by atoms with Gasteiger partial charge in [0.1, 0.15) is 0 Å². The lowest BCUT2D eigenvalue weighted by molar-refractivity contribution is -0.142. The lowest BCUT2D eigenvalue weighted by atomic mass is 9.86. The Morgan fingerprint density at radius 2 is 1.83 bits per heavy atom. The zero-order valence-electron chi connectivity index (χ0n) is 10.8. The number of rotatable bonds is 3. The van der Waals surface area contributed by atoms with E-state index in [1.165, 1.54) is 0 Å². The summed E-state index contributed by atoms with van der Waals surface area (Å²) in [6.07, 6.45) is 2.15. The normalized spacial score (nSPS) is 23.0. The third-order valence-corrected chi connectivity index (χ3v) is 3.83. The number of carboxylic acids is 1. The van der Waals surface area contributed by atoms with Crippen LogP contribution in [-0.2, 0) is 4.79 Å². The molecule has 1 aliphatic carbocycles. The molecule has 3 nitrogen and oxygen atoms in total. The Balaban J connectivity index is 2.31. The van der Waals surface area contributed by atoms with E-state index in [4.69, 9.17) is 5.11 Å². The first-order valence-corrected chi connectivity index (χ1v) is 6.35. The molecule has 0 saturated heterocycles. The van der Waals surface area contributed by atoms with Gasteiger partial charge in [-0.2, -0.15) is 0 Å². The summed E-state index contributed by atoms with van der Waals surface area (Å²) in [7, 11) is 0. The Bertz CT molecular complexity index is 491. The third-order valence-electron chi connectivity index (χ3n) is 3.83. The van der Waals surface area contributed by atoms with E-state index < -0.39 is 11.9 Å². The molecule has 96 valence electrons. The molecular formula is C15H18O3. The van der Waals surface area contributed by atoms with Crippen molar-refractivity contribution in [1.29, 1.82) is 0 Å². The number of aryl methyl sites for hydroxylation is 2. The van der Waals surface area contributed by atoms with Crippen LogP contribution in [-0.4, -0.2) is 16.9 Å². The van der Waals surface area contributed by atoms with Gasteiger partial charge in [-0.15, -0.1) is 0 Å². The van der Waals surface area contributed by atoms with Crippen LogP contribution in [0.25, 0.3) is 0 Å². The molecule has 0 radical (unpaired) electrons. The van der Waals surface area contributed by atoms with Gasteiger partial charge in [-0.05, 0) is 38.3 Å². The van der Waals surface area contributed by atoms with Crippen LogP contribution < -0.4 is 0 Å². The van der Waals surface area contributed by atoms with Gasteiger partial charge < -0.3 is 5.11 Å². The number of carbonyl (C=O) groups excluding carboxylic acids is 1. The molecule has 0 aromatic heterocycles. The summed E-state index contributed by atoms with van der Waals surface area (Å²) in [6, 6.07) is 5.76. The molecule has 1 fully saturated rings. The first-order chi connectivity index (χ1) is 8.50. The second-order valence-electron chi connectivity index (χ2n) is 5.16. The fourth-order valence-corrected chi connectivity index (χ4v) is 2.77. The zero-order chi connectivity index (χ0) is 13.3. The van der Waals surface area contributed by atoms with Crippen LogP contribution in [0.5, 0.6) is 0 Å². The lowest BCUT2D eigenvalue weighted by Gasteiger charge is -2.16. The second-order valence-corrected chi connectivity index (χ2v) is 5.16. The fourth-order valence-electron chi connectivity index (χ4n) is 2.77. The molecule has 2 atom stereocenters. The van der Waals surface area contributed by atoms with E-state index in [1.807, 2.05) is 32.0 Å². The number of benzene rings is 1. The fraction of sp³-hybridized carbons (Fsp3) is 0.467. The molecule has 0 bridgehead atoms. The Hall–Kier alpha value is -1.64. The highest BCUT2D eigenvalue weighted by atomic mass is 16.4. The Kier molecular flexibility index (Phi) is 3.50. The van der Waals surface area contributed by atoms with Gasteiger partial charge in [0, 0.05) is 11.5 Å². The first-order valence-electron chi connectivity index (χ1n) is 6.35. The van der Waals surface area contributed by atoms with Crippen LogP contribution in [0.2, 0.25) is 0 Å². The SMILES string of the molecule is Cc1ccc(C)c(C(=O)[C@H]2CCC[C@H]2C(=O)O)c1. The molecule has 1 saturated carbocycles. The third kappa shape index (κ3) is 2.30. The van der Waals surface area contributed by atoms with Gasteiger partial charge in [0.2, 0.25) is 0 Å². The van der Waals surface area contributed by atoms with E-state index in [0.717, 1.165) is 17.5 Å². The highest BCUT2D eigenvalue weighted by Crippen LogP contribution is 2.35. The van der Waals surface area contributed by atoms with Gasteiger partial charge in [-0.3, -0.25) is 9.59 Å². The van der Waals surface area contributed by atoms with Crippen molar-refractivity contribution in [3.8, 4) is 0 Å². The van der Waals surface area contributed by atoms with E-state index >= 15 is 0 Å². The Morgan fingerprint density at radius 1 is 1.17 bits per heavy atom. The maximum absolute atomic E-state index is 12.5. The molecule has 3 heteroatoms. The van der Waals surface area contributed by atoms with E-state index in [-0.39, 0.29) is 11.7 Å². The lowest BCUT2D eigenvalue weighted by Crippen LogP contribution is -2.25. The Labute approximate surface area is 107 Å². The average Bonchev–Trinajstić information content (AvgIpc) is 2.80. The van der Waals surface area contributed by atoms with Gasteiger partial charge >= 0.3 is 5.97 Å². The Morgan fingerprint density at radius 3 is 2.50 bits per heavy atom. The summed E-state index contributed by atoms with van der Waals surface area (Å²) in [5.74, 6) is -1.68. The van der Waals surface area contributed by atoms with Crippen molar-refractivity contribution in [2.45, 2.75) is 33.1 Å². The highest BCUT2D eigenvalue weighted by Gasteiger charge is 2.38. The summed E-state index contributed by atoms with van der Waals surface area (Å²) in [6.45, 7) is 3.84. The van der Waals surface area contributed by atoms with Gasteiger partial charge in [0.05, 0.1) is 5.92 Å². The number of hydrogen-bond donors (Lipinski definition) is 1. The highest BCUT2D eigenvalue weighted by molar-refractivity contribution is 6.01. The van der Waals surface area contributed by atoms with Crippen molar-refractivity contribution in [2.24, 2.45) is 11.8 Å². The van der Waals surface area contributed by atoms with Crippen LogP contribution >= 0.6 is 0 Å². The first kappa shape index (κ1) is 12.8. The van der Waals surface area contributed by atoms with Crippen molar-refractivity contribution < 1.29 is 14.7 Å². The molecule has 1 aromatic rings. The van der Waals surface area contributed by atoms with E-state index in [9.17, 15) is 9.59 Å². The molecule has 0 heterocycles. The monoisotopic (exact) mass is 246 g/mol. The summed E-state index contributed by atoms with van der Waals surface area (Å²) in [5, 5.41) is 9.15. The molecule has 2 rings (SSSR count). The molecule has 0 aliphatic heterocycles. The largest absolute Gasteiger partial charge is 0.481 e. The van der Waals surface area contributed by atoms with Crippen molar-refractivity contribution in [2.75, 3.05) is 0 Å². The minimum atomic E-state index is -0.837. The maximum atomic E-state index is 12.5.